The molecule has 54 heavy (non-hydrogen) atoms. The van der Waals surface area contributed by atoms with Gasteiger partial charge in [-0.3, -0.25) is 19.3 Å². The lowest BCUT2D eigenvalue weighted by Gasteiger charge is -2.34. The van der Waals surface area contributed by atoms with Crippen LogP contribution in [0.3, 0.4) is 0 Å². The second-order valence-electron chi connectivity index (χ2n) is 13.4. The van der Waals surface area contributed by atoms with Crippen LogP contribution in [0.15, 0.2) is 84.9 Å². The summed E-state index contributed by atoms with van der Waals surface area (Å²) in [4.78, 5) is 66.2. The van der Waals surface area contributed by atoms with Crippen molar-refractivity contribution in [3.8, 4) is 5.75 Å². The van der Waals surface area contributed by atoms with Gasteiger partial charge in [0.1, 0.15) is 31.0 Å². The summed E-state index contributed by atoms with van der Waals surface area (Å²) in [5.74, 6) is -3.60. The number of aliphatic hydroxyl groups is 1. The standard InChI is InChI=1S/C41H54N4O9/c1-28(2)37(40(50)52-4)45(35(47)19-13-7-8-14-30-20-22-34(23-21-30)53-26-31-15-9-5-10-16-31)39(49)36(42)33(25-46)24-43-38(48)29(3)44-41(51)54-27-32-17-11-6-12-18-32/h5-6,9-12,15-18,20-23,28-29,33,36-37,46H,7-8,13-14,19,24-27,42H2,1-4H3,(H,43,48)(H,44,51)/t29-,33?,36?,37?/m0/s1. The van der Waals surface area contributed by atoms with Crippen LogP contribution in [-0.4, -0.2) is 78.2 Å². The lowest BCUT2D eigenvalue weighted by molar-refractivity contribution is -0.163. The van der Waals surface area contributed by atoms with Crippen molar-refractivity contribution in [3.05, 3.63) is 102 Å². The molecule has 3 unspecified atom stereocenters. The number of hydrogen-bond acceptors (Lipinski definition) is 10. The van der Waals surface area contributed by atoms with E-state index in [1.165, 1.54) is 14.0 Å². The Morgan fingerprint density at radius 3 is 1.98 bits per heavy atom. The first-order valence-electron chi connectivity index (χ1n) is 18.3. The maximum atomic E-state index is 13.9. The number of amides is 4. The van der Waals surface area contributed by atoms with Crippen molar-refractivity contribution in [1.29, 1.82) is 0 Å². The molecule has 13 nitrogen and oxygen atoms in total. The van der Waals surface area contributed by atoms with Crippen LogP contribution in [0.1, 0.15) is 63.1 Å². The molecular formula is C41H54N4O9. The van der Waals surface area contributed by atoms with E-state index in [2.05, 4.69) is 10.6 Å². The maximum Gasteiger partial charge on any atom is 0.408 e. The third-order valence-electron chi connectivity index (χ3n) is 8.89. The molecule has 0 radical (unpaired) electrons. The Kier molecular flexibility index (Phi) is 18.2. The first kappa shape index (κ1) is 43.1. The second-order valence-corrected chi connectivity index (χ2v) is 13.4. The van der Waals surface area contributed by atoms with E-state index >= 15 is 0 Å². The summed E-state index contributed by atoms with van der Waals surface area (Å²) in [5.41, 5.74) is 9.30. The average Bonchev–Trinajstić information content (AvgIpc) is 3.18. The molecule has 0 aliphatic heterocycles. The third kappa shape index (κ3) is 13.9. The molecule has 5 N–H and O–H groups in total. The molecule has 0 heterocycles. The van der Waals surface area contributed by atoms with Gasteiger partial charge in [0, 0.05) is 25.5 Å². The fourth-order valence-corrected chi connectivity index (χ4v) is 5.67. The van der Waals surface area contributed by atoms with E-state index in [1.54, 1.807) is 38.1 Å². The molecule has 292 valence electrons. The number of carbonyl (C=O) groups excluding carboxylic acids is 5. The van der Waals surface area contributed by atoms with Crippen molar-refractivity contribution < 1.29 is 43.3 Å². The molecule has 0 bridgehead atoms. The lowest BCUT2D eigenvalue weighted by atomic mass is 9.95. The van der Waals surface area contributed by atoms with Crippen molar-refractivity contribution in [2.75, 3.05) is 20.3 Å². The first-order chi connectivity index (χ1) is 25.9. The third-order valence-corrected chi connectivity index (χ3v) is 8.89. The monoisotopic (exact) mass is 746 g/mol. The fraction of sp³-hybridized carbons (Fsp3) is 0.439. The van der Waals surface area contributed by atoms with Crippen molar-refractivity contribution in [2.45, 2.75) is 84.2 Å². The molecule has 3 aromatic rings. The molecule has 4 amide bonds. The number of unbranched alkanes of at least 4 members (excludes halogenated alkanes) is 2. The molecule has 4 atom stereocenters. The number of nitrogens with zero attached hydrogens (tertiary/aromatic N) is 1. The number of alkyl carbamates (subject to hydrolysis) is 1. The largest absolute Gasteiger partial charge is 0.489 e. The highest BCUT2D eigenvalue weighted by Gasteiger charge is 2.41. The van der Waals surface area contributed by atoms with Gasteiger partial charge in [0.15, 0.2) is 0 Å². The maximum absolute atomic E-state index is 13.9. The van der Waals surface area contributed by atoms with Crippen LogP contribution >= 0.6 is 0 Å². The van der Waals surface area contributed by atoms with Crippen molar-refractivity contribution in [3.63, 3.8) is 0 Å². The number of benzene rings is 3. The number of ether oxygens (including phenoxy) is 3. The zero-order chi connectivity index (χ0) is 39.5. The average molecular weight is 747 g/mol. The number of hydrogen-bond donors (Lipinski definition) is 4. The summed E-state index contributed by atoms with van der Waals surface area (Å²) < 4.78 is 16.0. The van der Waals surface area contributed by atoms with Crippen LogP contribution in [-0.2, 0) is 48.3 Å². The van der Waals surface area contributed by atoms with E-state index in [9.17, 15) is 29.1 Å². The molecule has 0 spiro atoms. The van der Waals surface area contributed by atoms with Gasteiger partial charge in [-0.05, 0) is 60.9 Å². The number of aliphatic hydroxyl groups excluding tert-OH is 1. The number of methoxy groups -OCH3 is 1. The highest BCUT2D eigenvalue weighted by Crippen LogP contribution is 2.20. The van der Waals surface area contributed by atoms with Gasteiger partial charge < -0.3 is 35.7 Å². The highest BCUT2D eigenvalue weighted by molar-refractivity contribution is 6.01. The smallest absolute Gasteiger partial charge is 0.408 e. The number of nitrogens with two attached hydrogens (primary N) is 1. The number of carbonyl (C=O) groups is 5. The number of aryl methyl sites for hydroxylation is 1. The van der Waals surface area contributed by atoms with Crippen LogP contribution in [0.5, 0.6) is 5.75 Å². The summed E-state index contributed by atoms with van der Waals surface area (Å²) in [6.07, 6.45) is 1.90. The zero-order valence-corrected chi connectivity index (χ0v) is 31.6. The van der Waals surface area contributed by atoms with Gasteiger partial charge in [-0.1, -0.05) is 93.1 Å². The van der Waals surface area contributed by atoms with Gasteiger partial charge in [-0.25, -0.2) is 9.59 Å². The minimum atomic E-state index is -1.45. The quantitative estimate of drug-likeness (QED) is 0.0906. The van der Waals surface area contributed by atoms with Crippen LogP contribution in [0.25, 0.3) is 0 Å². The van der Waals surface area contributed by atoms with Crippen molar-refractivity contribution in [1.82, 2.24) is 15.5 Å². The van der Waals surface area contributed by atoms with Crippen LogP contribution in [0.4, 0.5) is 4.79 Å². The van der Waals surface area contributed by atoms with E-state index in [4.69, 9.17) is 19.9 Å². The Morgan fingerprint density at radius 1 is 0.796 bits per heavy atom. The molecule has 0 aliphatic rings. The van der Waals surface area contributed by atoms with E-state index in [0.717, 1.165) is 40.2 Å². The number of rotatable bonds is 21. The number of esters is 1. The van der Waals surface area contributed by atoms with E-state index in [1.807, 2.05) is 60.7 Å². The summed E-state index contributed by atoms with van der Waals surface area (Å²) in [6.45, 7) is 4.45. The lowest BCUT2D eigenvalue weighted by Crippen LogP contribution is -2.59. The van der Waals surface area contributed by atoms with E-state index in [-0.39, 0.29) is 19.6 Å². The van der Waals surface area contributed by atoms with Crippen LogP contribution < -0.4 is 21.1 Å². The van der Waals surface area contributed by atoms with Gasteiger partial charge in [-0.2, -0.15) is 0 Å². The van der Waals surface area contributed by atoms with Crippen molar-refractivity contribution >= 4 is 29.8 Å². The number of imide groups is 1. The molecule has 0 aliphatic carbocycles. The molecule has 13 heteroatoms. The fourth-order valence-electron chi connectivity index (χ4n) is 5.67. The Bertz CT molecular complexity index is 1620. The predicted molar refractivity (Wildman–Crippen MR) is 203 cm³/mol. The molecule has 0 saturated carbocycles. The molecule has 0 fully saturated rings. The minimum Gasteiger partial charge on any atom is -0.489 e. The molecule has 0 aromatic heterocycles. The summed E-state index contributed by atoms with van der Waals surface area (Å²) in [6, 6.07) is 23.1. The SMILES string of the molecule is COC(=O)C(C(C)C)N(C(=O)CCCCCc1ccc(OCc2ccccc2)cc1)C(=O)C(N)C(CO)CNC(=O)[C@H](C)NC(=O)OCc1ccccc1. The Morgan fingerprint density at radius 2 is 1.41 bits per heavy atom. The summed E-state index contributed by atoms with van der Waals surface area (Å²) in [5, 5.41) is 15.2. The molecule has 0 saturated heterocycles. The topological polar surface area (TPSA) is 187 Å². The summed E-state index contributed by atoms with van der Waals surface area (Å²) in [7, 11) is 1.17. The van der Waals surface area contributed by atoms with Crippen LogP contribution in [0, 0.1) is 11.8 Å². The molecular weight excluding hydrogens is 692 g/mol. The van der Waals surface area contributed by atoms with Crippen LogP contribution in [0.2, 0.25) is 0 Å². The zero-order valence-electron chi connectivity index (χ0n) is 31.6. The van der Waals surface area contributed by atoms with Gasteiger partial charge in [-0.15, -0.1) is 0 Å². The number of nitrogens with one attached hydrogen (secondary N) is 2. The van der Waals surface area contributed by atoms with Gasteiger partial charge >= 0.3 is 12.1 Å². The Hall–Kier alpha value is -5.27. The van der Waals surface area contributed by atoms with Gasteiger partial charge in [0.25, 0.3) is 0 Å². The Balaban J connectivity index is 1.53. The van der Waals surface area contributed by atoms with Gasteiger partial charge in [0.2, 0.25) is 17.7 Å². The highest BCUT2D eigenvalue weighted by atomic mass is 16.5. The molecule has 3 aromatic carbocycles. The van der Waals surface area contributed by atoms with Crippen molar-refractivity contribution in [2.24, 2.45) is 17.6 Å². The normalized spacial score (nSPS) is 13.2. The first-order valence-corrected chi connectivity index (χ1v) is 18.3. The van der Waals surface area contributed by atoms with Gasteiger partial charge in [0.05, 0.1) is 13.2 Å². The predicted octanol–water partition coefficient (Wildman–Crippen LogP) is 4.29. The van der Waals surface area contributed by atoms with E-state index < -0.39 is 66.4 Å². The summed E-state index contributed by atoms with van der Waals surface area (Å²) >= 11 is 0. The Labute approximate surface area is 317 Å². The minimum absolute atomic E-state index is 0.0174. The van der Waals surface area contributed by atoms with E-state index in [0.29, 0.717) is 19.4 Å². The molecule has 3 rings (SSSR count). The second kappa shape index (κ2) is 22.7.